The summed E-state index contributed by atoms with van der Waals surface area (Å²) in [6.07, 6.45) is 2.14. The van der Waals surface area contributed by atoms with Crippen molar-refractivity contribution in [2.45, 2.75) is 31.5 Å². The van der Waals surface area contributed by atoms with Crippen LogP contribution in [0, 0.1) is 0 Å². The molecule has 3 heteroatoms. The smallest absolute Gasteiger partial charge is 0.122 e. The third kappa shape index (κ3) is 1.78. The van der Waals surface area contributed by atoms with E-state index in [1.165, 1.54) is 0 Å². The van der Waals surface area contributed by atoms with Crippen LogP contribution in [0.2, 0.25) is 0 Å². The van der Waals surface area contributed by atoms with Crippen LogP contribution < -0.4 is 0 Å². The lowest BCUT2D eigenvalue weighted by Crippen LogP contribution is -2.25. The maximum absolute atomic E-state index is 9.96. The molecule has 0 aromatic rings. The van der Waals surface area contributed by atoms with Crippen molar-refractivity contribution in [2.24, 2.45) is 0 Å². The van der Waals surface area contributed by atoms with Crippen LogP contribution in [-0.2, 0) is 9.53 Å². The summed E-state index contributed by atoms with van der Waals surface area (Å²) in [4.78, 5) is 9.96. The molecular formula is C7H12O3. The molecule has 0 saturated carbocycles. The fourth-order valence-electron chi connectivity index (χ4n) is 1.16. The molecule has 0 spiro atoms. The predicted molar refractivity (Wildman–Crippen MR) is 35.7 cm³/mol. The second kappa shape index (κ2) is 3.68. The zero-order chi connectivity index (χ0) is 7.40. The molecular weight excluding hydrogens is 132 g/mol. The van der Waals surface area contributed by atoms with Gasteiger partial charge in [0.1, 0.15) is 6.29 Å². The van der Waals surface area contributed by atoms with Gasteiger partial charge in [-0.05, 0) is 12.8 Å². The van der Waals surface area contributed by atoms with Gasteiger partial charge in [0.15, 0.2) is 0 Å². The Morgan fingerprint density at radius 3 is 3.10 bits per heavy atom. The number of carbonyl (C=O) groups excluding carboxylic acids is 1. The predicted octanol–water partition coefficient (Wildman–Crippen LogP) is 0.115. The number of aliphatic hydroxyl groups excluding tert-OH is 1. The summed E-state index contributed by atoms with van der Waals surface area (Å²) in [5, 5.41) is 9.19. The van der Waals surface area contributed by atoms with Gasteiger partial charge in [0.25, 0.3) is 0 Å². The van der Waals surface area contributed by atoms with Crippen molar-refractivity contribution in [1.29, 1.82) is 0 Å². The number of aliphatic hydroxyl groups is 1. The first kappa shape index (κ1) is 7.69. The maximum atomic E-state index is 9.96. The van der Waals surface area contributed by atoms with E-state index in [1.807, 2.05) is 0 Å². The van der Waals surface area contributed by atoms with Crippen LogP contribution in [0.5, 0.6) is 0 Å². The standard InChI is InChI=1S/C7H12O3/c8-4-3-6(9)7-2-1-5-10-7/h4,6-7,9H,1-3,5H2. The molecule has 0 bridgehead atoms. The Bertz CT molecular complexity index is 107. The molecule has 1 saturated heterocycles. The Labute approximate surface area is 60.0 Å². The molecule has 58 valence electrons. The third-order valence-corrected chi connectivity index (χ3v) is 1.73. The summed E-state index contributed by atoms with van der Waals surface area (Å²) in [6, 6.07) is 0. The van der Waals surface area contributed by atoms with Gasteiger partial charge >= 0.3 is 0 Å². The topological polar surface area (TPSA) is 46.5 Å². The summed E-state index contributed by atoms with van der Waals surface area (Å²) < 4.78 is 5.16. The molecule has 10 heavy (non-hydrogen) atoms. The molecule has 0 aromatic heterocycles. The van der Waals surface area contributed by atoms with E-state index in [4.69, 9.17) is 4.74 Å². The molecule has 0 aliphatic carbocycles. The van der Waals surface area contributed by atoms with Gasteiger partial charge in [-0.3, -0.25) is 0 Å². The zero-order valence-electron chi connectivity index (χ0n) is 5.82. The molecule has 1 heterocycles. The van der Waals surface area contributed by atoms with Gasteiger partial charge in [0.05, 0.1) is 12.2 Å². The van der Waals surface area contributed by atoms with E-state index in [0.717, 1.165) is 25.7 Å². The van der Waals surface area contributed by atoms with E-state index >= 15 is 0 Å². The number of hydrogen-bond donors (Lipinski definition) is 1. The fraction of sp³-hybridized carbons (Fsp3) is 0.857. The summed E-state index contributed by atoms with van der Waals surface area (Å²) >= 11 is 0. The van der Waals surface area contributed by atoms with E-state index in [0.29, 0.717) is 0 Å². The van der Waals surface area contributed by atoms with E-state index < -0.39 is 6.10 Å². The Hall–Kier alpha value is -0.410. The summed E-state index contributed by atoms with van der Waals surface area (Å²) in [5.41, 5.74) is 0. The number of carbonyl (C=O) groups is 1. The van der Waals surface area contributed by atoms with Crippen molar-refractivity contribution >= 4 is 6.29 Å². The van der Waals surface area contributed by atoms with Gasteiger partial charge in [-0.1, -0.05) is 0 Å². The number of ether oxygens (including phenoxy) is 1. The number of hydrogen-bond acceptors (Lipinski definition) is 3. The van der Waals surface area contributed by atoms with Crippen LogP contribution in [0.4, 0.5) is 0 Å². The summed E-state index contributed by atoms with van der Waals surface area (Å²) in [5.74, 6) is 0. The van der Waals surface area contributed by atoms with Crippen molar-refractivity contribution in [3.8, 4) is 0 Å². The lowest BCUT2D eigenvalue weighted by Gasteiger charge is -2.13. The minimum Gasteiger partial charge on any atom is -0.390 e. The van der Waals surface area contributed by atoms with Gasteiger partial charge in [0, 0.05) is 13.0 Å². The van der Waals surface area contributed by atoms with E-state index in [2.05, 4.69) is 0 Å². The second-order valence-corrected chi connectivity index (χ2v) is 2.52. The monoisotopic (exact) mass is 144 g/mol. The molecule has 0 radical (unpaired) electrons. The molecule has 1 rings (SSSR count). The summed E-state index contributed by atoms with van der Waals surface area (Å²) in [7, 11) is 0. The van der Waals surface area contributed by atoms with Gasteiger partial charge in [-0.15, -0.1) is 0 Å². The molecule has 2 atom stereocenters. The molecule has 1 aliphatic rings. The summed E-state index contributed by atoms with van der Waals surface area (Å²) in [6.45, 7) is 0.723. The van der Waals surface area contributed by atoms with E-state index in [1.54, 1.807) is 0 Å². The molecule has 1 aliphatic heterocycles. The van der Waals surface area contributed by atoms with Gasteiger partial charge < -0.3 is 14.6 Å². The Balaban J connectivity index is 2.24. The second-order valence-electron chi connectivity index (χ2n) is 2.52. The minimum atomic E-state index is -0.583. The van der Waals surface area contributed by atoms with Crippen LogP contribution in [-0.4, -0.2) is 30.2 Å². The van der Waals surface area contributed by atoms with Crippen molar-refractivity contribution in [3.05, 3.63) is 0 Å². The lowest BCUT2D eigenvalue weighted by molar-refractivity contribution is -0.111. The highest BCUT2D eigenvalue weighted by Crippen LogP contribution is 2.16. The minimum absolute atomic E-state index is 0.0924. The fourth-order valence-corrected chi connectivity index (χ4v) is 1.16. The highest BCUT2D eigenvalue weighted by Gasteiger charge is 2.23. The molecule has 0 aromatic carbocycles. The Kier molecular flexibility index (Phi) is 2.83. The maximum Gasteiger partial charge on any atom is 0.122 e. The first-order chi connectivity index (χ1) is 4.84. The normalized spacial score (nSPS) is 28.3. The highest BCUT2D eigenvalue weighted by molar-refractivity contribution is 5.50. The first-order valence-corrected chi connectivity index (χ1v) is 3.58. The first-order valence-electron chi connectivity index (χ1n) is 3.58. The van der Waals surface area contributed by atoms with E-state index in [-0.39, 0.29) is 12.5 Å². The van der Waals surface area contributed by atoms with Crippen LogP contribution in [0.3, 0.4) is 0 Å². The SMILES string of the molecule is O=CCC(O)C1CCCO1. The Morgan fingerprint density at radius 2 is 2.60 bits per heavy atom. The van der Waals surface area contributed by atoms with Crippen LogP contribution in [0.15, 0.2) is 0 Å². The Morgan fingerprint density at radius 1 is 1.80 bits per heavy atom. The quantitative estimate of drug-likeness (QED) is 0.572. The van der Waals surface area contributed by atoms with Crippen LogP contribution >= 0.6 is 0 Å². The molecule has 1 N–H and O–H groups in total. The average Bonchev–Trinajstić information content (AvgIpc) is 2.38. The van der Waals surface area contributed by atoms with Crippen molar-refractivity contribution in [1.82, 2.24) is 0 Å². The molecule has 0 amide bonds. The molecule has 2 unspecified atom stereocenters. The largest absolute Gasteiger partial charge is 0.390 e. The zero-order valence-corrected chi connectivity index (χ0v) is 5.82. The van der Waals surface area contributed by atoms with Crippen molar-refractivity contribution in [3.63, 3.8) is 0 Å². The lowest BCUT2D eigenvalue weighted by atomic mass is 10.1. The van der Waals surface area contributed by atoms with Crippen LogP contribution in [0.25, 0.3) is 0 Å². The number of aldehydes is 1. The number of rotatable bonds is 3. The van der Waals surface area contributed by atoms with Crippen molar-refractivity contribution < 1.29 is 14.6 Å². The third-order valence-electron chi connectivity index (χ3n) is 1.73. The van der Waals surface area contributed by atoms with Gasteiger partial charge in [0.2, 0.25) is 0 Å². The molecule has 1 fully saturated rings. The van der Waals surface area contributed by atoms with Gasteiger partial charge in [-0.2, -0.15) is 0 Å². The molecule has 3 nitrogen and oxygen atoms in total. The average molecular weight is 144 g/mol. The van der Waals surface area contributed by atoms with Gasteiger partial charge in [-0.25, -0.2) is 0 Å². The van der Waals surface area contributed by atoms with E-state index in [9.17, 15) is 9.90 Å². The highest BCUT2D eigenvalue weighted by atomic mass is 16.5. The van der Waals surface area contributed by atoms with Crippen molar-refractivity contribution in [2.75, 3.05) is 6.61 Å². The van der Waals surface area contributed by atoms with Crippen LogP contribution in [0.1, 0.15) is 19.3 Å².